The summed E-state index contributed by atoms with van der Waals surface area (Å²) in [4.78, 5) is 12.2. The number of fused-ring (bicyclic) bond motifs is 5. The highest BCUT2D eigenvalue weighted by atomic mass is 19.1. The molecule has 1 nitrogen and oxygen atoms in total. The van der Waals surface area contributed by atoms with Gasteiger partial charge in [-0.2, -0.15) is 0 Å². The fourth-order valence-electron chi connectivity index (χ4n) is 7.92. The first-order valence-electron chi connectivity index (χ1n) is 10.1. The molecule has 0 aromatic rings. The molecule has 0 aliphatic heterocycles. The third kappa shape index (κ3) is 2.19. The predicted molar refractivity (Wildman–Crippen MR) is 90.8 cm³/mol. The largest absolute Gasteiger partial charge is 0.296 e. The van der Waals surface area contributed by atoms with Crippen molar-refractivity contribution in [1.82, 2.24) is 0 Å². The lowest BCUT2D eigenvalue weighted by Crippen LogP contribution is -2.53. The molecule has 0 radical (unpaired) electrons. The van der Waals surface area contributed by atoms with Crippen LogP contribution in [0.25, 0.3) is 0 Å². The van der Waals surface area contributed by atoms with Crippen LogP contribution < -0.4 is 0 Å². The number of hydrogen-bond donors (Lipinski definition) is 0. The van der Waals surface area contributed by atoms with Crippen LogP contribution in [0, 0.1) is 40.4 Å². The van der Waals surface area contributed by atoms with E-state index < -0.39 is 6.67 Å². The minimum atomic E-state index is -0.749. The molecule has 4 aliphatic rings. The number of Topliss-reactive ketones (excluding diaryl/α,β-unsaturated/α-hetero) is 1. The first kappa shape index (κ1) is 16.1. The first-order valence-corrected chi connectivity index (χ1v) is 10.1. The van der Waals surface area contributed by atoms with E-state index in [9.17, 15) is 9.18 Å². The van der Waals surface area contributed by atoms with Crippen molar-refractivity contribution in [3.05, 3.63) is 0 Å². The zero-order valence-corrected chi connectivity index (χ0v) is 15.0. The van der Waals surface area contributed by atoms with Crippen LogP contribution in [0.3, 0.4) is 0 Å². The van der Waals surface area contributed by atoms with Crippen molar-refractivity contribution in [2.45, 2.75) is 78.1 Å². The van der Waals surface area contributed by atoms with E-state index in [1.807, 2.05) is 0 Å². The van der Waals surface area contributed by atoms with E-state index in [1.165, 1.54) is 51.4 Å². The lowest BCUT2D eigenvalue weighted by molar-refractivity contribution is -0.135. The molecule has 130 valence electrons. The summed E-state index contributed by atoms with van der Waals surface area (Å²) in [5, 5.41) is 0. The van der Waals surface area contributed by atoms with Crippen LogP contribution >= 0.6 is 0 Å². The molecule has 4 saturated carbocycles. The van der Waals surface area contributed by atoms with Crippen LogP contribution in [0.2, 0.25) is 0 Å². The molecule has 0 aromatic heterocycles. The summed E-state index contributed by atoms with van der Waals surface area (Å²) < 4.78 is 13.0. The Kier molecular flexibility index (Phi) is 3.89. The highest BCUT2D eigenvalue weighted by Gasteiger charge is 2.60. The summed E-state index contributed by atoms with van der Waals surface area (Å²) in [6.45, 7) is 4.17. The van der Waals surface area contributed by atoms with Gasteiger partial charge in [-0.3, -0.25) is 4.79 Å². The van der Waals surface area contributed by atoms with Gasteiger partial charge in [0.05, 0.1) is 0 Å². The summed E-state index contributed by atoms with van der Waals surface area (Å²) >= 11 is 0. The Morgan fingerprint density at radius 1 is 0.913 bits per heavy atom. The number of alkyl halides is 1. The SMILES string of the molecule is C[C@]12CCCC[C@@H]1CC[C@@H]1[C@@H]2CC[C@]2(C)[C@@H](C(=O)CF)CC[C@@H]12. The van der Waals surface area contributed by atoms with Gasteiger partial charge >= 0.3 is 0 Å². The molecule has 0 N–H and O–H groups in total. The van der Waals surface area contributed by atoms with Crippen LogP contribution in [0.1, 0.15) is 78.1 Å². The summed E-state index contributed by atoms with van der Waals surface area (Å²) in [6, 6.07) is 0. The normalized spacial score (nSPS) is 52.4. The standard InChI is InChI=1S/C21H33FO/c1-20-11-4-3-5-14(20)6-7-15-16-8-9-18(19(23)13-22)21(16,2)12-10-17(15)20/h14-18H,3-13H2,1-2H3/t14-,15+,16+,17+,18-,20+,21+/m1/s1. The lowest BCUT2D eigenvalue weighted by atomic mass is 9.45. The van der Waals surface area contributed by atoms with Gasteiger partial charge in [0.15, 0.2) is 5.78 Å². The number of carbonyl (C=O) groups excluding carboxylic acids is 1. The summed E-state index contributed by atoms with van der Waals surface area (Å²) in [6.07, 6.45) is 13.1. The second kappa shape index (κ2) is 5.56. The maximum absolute atomic E-state index is 13.0. The van der Waals surface area contributed by atoms with Gasteiger partial charge in [-0.15, -0.1) is 0 Å². The molecule has 0 amide bonds. The molecule has 4 fully saturated rings. The van der Waals surface area contributed by atoms with Gasteiger partial charge in [0.1, 0.15) is 6.67 Å². The fraction of sp³-hybridized carbons (Fsp3) is 0.952. The van der Waals surface area contributed by atoms with Crippen LogP contribution in [0.15, 0.2) is 0 Å². The van der Waals surface area contributed by atoms with Crippen molar-refractivity contribution < 1.29 is 9.18 Å². The van der Waals surface area contributed by atoms with Crippen molar-refractivity contribution in [1.29, 1.82) is 0 Å². The minimum Gasteiger partial charge on any atom is -0.296 e. The number of ketones is 1. The van der Waals surface area contributed by atoms with Crippen molar-refractivity contribution >= 4 is 5.78 Å². The molecule has 0 bridgehead atoms. The molecule has 0 unspecified atom stereocenters. The molecular weight excluding hydrogens is 287 g/mol. The Morgan fingerprint density at radius 3 is 2.48 bits per heavy atom. The van der Waals surface area contributed by atoms with Crippen LogP contribution in [0.4, 0.5) is 4.39 Å². The van der Waals surface area contributed by atoms with E-state index >= 15 is 0 Å². The average molecular weight is 320 g/mol. The Labute approximate surface area is 140 Å². The Hall–Kier alpha value is -0.400. The van der Waals surface area contributed by atoms with Gasteiger partial charge < -0.3 is 0 Å². The highest BCUT2D eigenvalue weighted by molar-refractivity contribution is 5.83. The smallest absolute Gasteiger partial charge is 0.167 e. The Morgan fingerprint density at radius 2 is 1.70 bits per heavy atom. The molecular formula is C21H33FO. The molecule has 0 aromatic carbocycles. The zero-order valence-electron chi connectivity index (χ0n) is 15.0. The zero-order chi connectivity index (χ0) is 16.2. The van der Waals surface area contributed by atoms with E-state index in [0.717, 1.165) is 30.6 Å². The van der Waals surface area contributed by atoms with Crippen molar-refractivity contribution in [2.75, 3.05) is 6.67 Å². The predicted octanol–water partition coefficient (Wildman–Crippen LogP) is 5.57. The van der Waals surface area contributed by atoms with Gasteiger partial charge in [-0.05, 0) is 85.9 Å². The lowest BCUT2D eigenvalue weighted by Gasteiger charge is -2.60. The molecule has 7 atom stereocenters. The molecule has 0 saturated heterocycles. The number of rotatable bonds is 2. The van der Waals surface area contributed by atoms with Crippen LogP contribution in [-0.2, 0) is 4.79 Å². The molecule has 0 heterocycles. The number of halogens is 1. The van der Waals surface area contributed by atoms with Gasteiger partial charge in [-0.1, -0.05) is 26.7 Å². The van der Waals surface area contributed by atoms with E-state index in [0.29, 0.717) is 11.3 Å². The number of carbonyl (C=O) groups is 1. The summed E-state index contributed by atoms with van der Waals surface area (Å²) in [5.41, 5.74) is 0.660. The second-order valence-electron chi connectivity index (χ2n) is 9.68. The molecule has 2 heteroatoms. The van der Waals surface area contributed by atoms with Crippen molar-refractivity contribution in [2.24, 2.45) is 40.4 Å². The third-order valence-electron chi connectivity index (χ3n) is 9.10. The third-order valence-corrected chi connectivity index (χ3v) is 9.10. The molecule has 0 spiro atoms. The average Bonchev–Trinajstić information content (AvgIpc) is 2.91. The Bertz CT molecular complexity index is 488. The van der Waals surface area contributed by atoms with Crippen molar-refractivity contribution in [3.8, 4) is 0 Å². The van der Waals surface area contributed by atoms with Gasteiger partial charge in [-0.25, -0.2) is 4.39 Å². The first-order chi connectivity index (χ1) is 11.0. The van der Waals surface area contributed by atoms with Crippen LogP contribution in [0.5, 0.6) is 0 Å². The highest BCUT2D eigenvalue weighted by Crippen LogP contribution is 2.67. The van der Waals surface area contributed by atoms with Gasteiger partial charge in [0.2, 0.25) is 0 Å². The molecule has 4 rings (SSSR count). The van der Waals surface area contributed by atoms with E-state index in [2.05, 4.69) is 13.8 Å². The minimum absolute atomic E-state index is 0.00957. The van der Waals surface area contributed by atoms with E-state index in [1.54, 1.807) is 0 Å². The van der Waals surface area contributed by atoms with Crippen molar-refractivity contribution in [3.63, 3.8) is 0 Å². The molecule has 4 aliphatic carbocycles. The fourth-order valence-corrected chi connectivity index (χ4v) is 7.92. The van der Waals surface area contributed by atoms with Gasteiger partial charge in [0, 0.05) is 5.92 Å². The molecule has 23 heavy (non-hydrogen) atoms. The van der Waals surface area contributed by atoms with Gasteiger partial charge in [0.25, 0.3) is 0 Å². The maximum Gasteiger partial charge on any atom is 0.167 e. The number of hydrogen-bond acceptors (Lipinski definition) is 1. The van der Waals surface area contributed by atoms with E-state index in [4.69, 9.17) is 0 Å². The summed E-state index contributed by atoms with van der Waals surface area (Å²) in [5.74, 6) is 3.22. The monoisotopic (exact) mass is 320 g/mol. The van der Waals surface area contributed by atoms with Crippen LogP contribution in [-0.4, -0.2) is 12.5 Å². The quantitative estimate of drug-likeness (QED) is 0.649. The topological polar surface area (TPSA) is 17.1 Å². The maximum atomic E-state index is 13.0. The second-order valence-corrected chi connectivity index (χ2v) is 9.68. The Balaban J connectivity index is 1.61. The summed E-state index contributed by atoms with van der Waals surface area (Å²) in [7, 11) is 0. The van der Waals surface area contributed by atoms with E-state index in [-0.39, 0.29) is 17.1 Å².